The van der Waals surface area contributed by atoms with Crippen LogP contribution in [0, 0.1) is 13.8 Å². The van der Waals surface area contributed by atoms with E-state index in [-0.39, 0.29) is 6.10 Å². The Balaban J connectivity index is 1.81. The van der Waals surface area contributed by atoms with Crippen molar-refractivity contribution in [2.75, 3.05) is 0 Å². The lowest BCUT2D eigenvalue weighted by Gasteiger charge is -2.10. The van der Waals surface area contributed by atoms with Gasteiger partial charge >= 0.3 is 11.9 Å². The molecule has 1 aliphatic heterocycles. The maximum atomic E-state index is 12.9. The molecule has 1 fully saturated rings. The molecule has 2 atom stereocenters. The predicted molar refractivity (Wildman–Crippen MR) is 97.8 cm³/mol. The number of carbonyl (C=O) groups is 2. The molecule has 3 aromatic heterocycles. The van der Waals surface area contributed by atoms with Crippen molar-refractivity contribution in [2.45, 2.75) is 39.4 Å². The third-order valence-electron chi connectivity index (χ3n) is 4.39. The van der Waals surface area contributed by atoms with E-state index in [1.807, 2.05) is 49.0 Å². The minimum absolute atomic E-state index is 0.238. The minimum atomic E-state index is -0.851. The lowest BCUT2D eigenvalue weighted by atomic mass is 10.1. The molecule has 4 rings (SSSR count). The Labute approximate surface area is 154 Å². The van der Waals surface area contributed by atoms with Gasteiger partial charge < -0.3 is 14.0 Å². The highest BCUT2D eigenvalue weighted by molar-refractivity contribution is 7.21. The van der Waals surface area contributed by atoms with Gasteiger partial charge in [0.2, 0.25) is 6.10 Å². The first kappa shape index (κ1) is 16.8. The summed E-state index contributed by atoms with van der Waals surface area (Å²) in [4.78, 5) is 30.5. The van der Waals surface area contributed by atoms with Crippen molar-refractivity contribution in [2.24, 2.45) is 0 Å². The summed E-state index contributed by atoms with van der Waals surface area (Å²) >= 11 is 1.29. The zero-order valence-corrected chi connectivity index (χ0v) is 15.5. The molecule has 0 saturated carbocycles. The van der Waals surface area contributed by atoms with E-state index in [1.54, 1.807) is 6.92 Å². The zero-order valence-electron chi connectivity index (χ0n) is 14.7. The maximum Gasteiger partial charge on any atom is 0.351 e. The Morgan fingerprint density at radius 1 is 1.35 bits per heavy atom. The number of nitrogens with zero attached hydrogens (tertiary/aromatic N) is 2. The number of rotatable bonds is 3. The van der Waals surface area contributed by atoms with Crippen LogP contribution in [0.4, 0.5) is 0 Å². The topological polar surface area (TPSA) is 70.4 Å². The normalized spacial score (nSPS) is 19.7. The number of fused-ring (bicyclic) bond motifs is 1. The molecule has 4 heterocycles. The average molecular weight is 370 g/mol. The summed E-state index contributed by atoms with van der Waals surface area (Å²) in [5.41, 5.74) is 2.67. The van der Waals surface area contributed by atoms with Crippen molar-refractivity contribution in [1.29, 1.82) is 0 Å². The third kappa shape index (κ3) is 2.78. The molecule has 1 aliphatic rings. The first-order valence-electron chi connectivity index (χ1n) is 8.39. The lowest BCUT2D eigenvalue weighted by Crippen LogP contribution is -2.22. The van der Waals surface area contributed by atoms with Gasteiger partial charge in [-0.25, -0.2) is 14.6 Å². The SMILES string of the molecule is Cc1cc(C)c2c(-n3cccc3)c(C(=O)OC3CC(C)OC3=O)sc2n1. The molecule has 0 aliphatic carbocycles. The Morgan fingerprint density at radius 3 is 2.73 bits per heavy atom. The van der Waals surface area contributed by atoms with Gasteiger partial charge in [-0.1, -0.05) is 0 Å². The summed E-state index contributed by atoms with van der Waals surface area (Å²) in [7, 11) is 0. The summed E-state index contributed by atoms with van der Waals surface area (Å²) in [5, 5.41) is 0.922. The molecule has 0 radical (unpaired) electrons. The van der Waals surface area contributed by atoms with Crippen molar-refractivity contribution in [3.63, 3.8) is 0 Å². The van der Waals surface area contributed by atoms with E-state index in [1.165, 1.54) is 11.3 Å². The fourth-order valence-electron chi connectivity index (χ4n) is 3.29. The Kier molecular flexibility index (Phi) is 4.03. The fourth-order valence-corrected chi connectivity index (χ4v) is 4.47. The van der Waals surface area contributed by atoms with Gasteiger partial charge in [0.15, 0.2) is 0 Å². The van der Waals surface area contributed by atoms with Gasteiger partial charge in [-0.3, -0.25) is 0 Å². The molecule has 26 heavy (non-hydrogen) atoms. The highest BCUT2D eigenvalue weighted by Crippen LogP contribution is 2.36. The summed E-state index contributed by atoms with van der Waals surface area (Å²) in [6, 6.07) is 5.78. The zero-order chi connectivity index (χ0) is 18.4. The highest BCUT2D eigenvalue weighted by Gasteiger charge is 2.36. The second-order valence-electron chi connectivity index (χ2n) is 6.51. The van der Waals surface area contributed by atoms with Gasteiger partial charge in [0.25, 0.3) is 0 Å². The van der Waals surface area contributed by atoms with E-state index in [9.17, 15) is 9.59 Å². The van der Waals surface area contributed by atoms with Crippen molar-refractivity contribution in [3.8, 4) is 5.69 Å². The van der Waals surface area contributed by atoms with Crippen LogP contribution in [0.3, 0.4) is 0 Å². The molecule has 0 N–H and O–H groups in total. The molecule has 6 nitrogen and oxygen atoms in total. The van der Waals surface area contributed by atoms with Crippen LogP contribution in [0.25, 0.3) is 15.9 Å². The van der Waals surface area contributed by atoms with Crippen LogP contribution in [0.15, 0.2) is 30.6 Å². The molecule has 0 spiro atoms. The van der Waals surface area contributed by atoms with Crippen LogP contribution >= 0.6 is 11.3 Å². The van der Waals surface area contributed by atoms with Crippen LogP contribution in [0.5, 0.6) is 0 Å². The molecule has 3 aromatic rings. The Bertz CT molecular complexity index is 1010. The second-order valence-corrected chi connectivity index (χ2v) is 7.51. The number of cyclic esters (lactones) is 1. The molecule has 2 unspecified atom stereocenters. The Hall–Kier alpha value is -2.67. The first-order chi connectivity index (χ1) is 12.4. The molecule has 0 amide bonds. The summed E-state index contributed by atoms with van der Waals surface area (Å²) in [6.45, 7) is 5.71. The lowest BCUT2D eigenvalue weighted by molar-refractivity contribution is -0.147. The second kappa shape index (κ2) is 6.25. The van der Waals surface area contributed by atoms with Gasteiger partial charge in [0, 0.05) is 29.9 Å². The van der Waals surface area contributed by atoms with E-state index in [0.29, 0.717) is 11.3 Å². The smallest absolute Gasteiger partial charge is 0.351 e. The Morgan fingerprint density at radius 2 is 2.08 bits per heavy atom. The van der Waals surface area contributed by atoms with Gasteiger partial charge in [-0.15, -0.1) is 11.3 Å². The van der Waals surface area contributed by atoms with Crippen LogP contribution in [0.2, 0.25) is 0 Å². The van der Waals surface area contributed by atoms with Gasteiger partial charge in [0.05, 0.1) is 5.69 Å². The van der Waals surface area contributed by atoms with E-state index in [0.717, 1.165) is 27.2 Å². The number of thiophene rings is 1. The number of hydrogen-bond donors (Lipinski definition) is 0. The van der Waals surface area contributed by atoms with Crippen LogP contribution in [-0.2, 0) is 14.3 Å². The average Bonchev–Trinajstić information content (AvgIpc) is 3.26. The van der Waals surface area contributed by atoms with Gasteiger partial charge in [-0.2, -0.15) is 0 Å². The molecular weight excluding hydrogens is 352 g/mol. The highest BCUT2D eigenvalue weighted by atomic mass is 32.1. The molecule has 0 aromatic carbocycles. The molecule has 134 valence electrons. The van der Waals surface area contributed by atoms with Crippen LogP contribution < -0.4 is 0 Å². The number of ether oxygens (including phenoxy) is 2. The van der Waals surface area contributed by atoms with Crippen LogP contribution in [0.1, 0.15) is 34.3 Å². The first-order valence-corrected chi connectivity index (χ1v) is 9.21. The standard InChI is InChI=1S/C19H18N2O4S/c1-10-8-11(2)20-17-14(10)15(21-6-4-5-7-21)16(26-17)19(23)25-13-9-12(3)24-18(13)22/h4-8,12-13H,9H2,1-3H3. The van der Waals surface area contributed by atoms with Crippen molar-refractivity contribution >= 4 is 33.5 Å². The third-order valence-corrected chi connectivity index (χ3v) is 5.44. The monoisotopic (exact) mass is 370 g/mol. The van der Waals surface area contributed by atoms with Crippen molar-refractivity contribution in [3.05, 3.63) is 46.7 Å². The van der Waals surface area contributed by atoms with E-state index >= 15 is 0 Å². The van der Waals surface area contributed by atoms with Crippen molar-refractivity contribution in [1.82, 2.24) is 9.55 Å². The van der Waals surface area contributed by atoms with E-state index in [2.05, 4.69) is 4.98 Å². The maximum absolute atomic E-state index is 12.9. The number of hydrogen-bond acceptors (Lipinski definition) is 6. The largest absolute Gasteiger partial charge is 0.460 e. The summed E-state index contributed by atoms with van der Waals surface area (Å²) in [6.07, 6.45) is 3.05. The quantitative estimate of drug-likeness (QED) is 0.659. The summed E-state index contributed by atoms with van der Waals surface area (Å²) in [5.74, 6) is -1.01. The number of pyridine rings is 1. The van der Waals surface area contributed by atoms with Crippen LogP contribution in [-0.4, -0.2) is 33.7 Å². The van der Waals surface area contributed by atoms with Crippen molar-refractivity contribution < 1.29 is 19.1 Å². The summed E-state index contributed by atoms with van der Waals surface area (Å²) < 4.78 is 12.4. The van der Waals surface area contributed by atoms with Gasteiger partial charge in [0.1, 0.15) is 15.8 Å². The molecule has 7 heteroatoms. The van der Waals surface area contributed by atoms with Gasteiger partial charge in [-0.05, 0) is 44.5 Å². The minimum Gasteiger partial charge on any atom is -0.460 e. The fraction of sp³-hybridized carbons (Fsp3) is 0.316. The molecule has 0 bridgehead atoms. The van der Waals surface area contributed by atoms with E-state index < -0.39 is 18.0 Å². The predicted octanol–water partition coefficient (Wildman–Crippen LogP) is 3.56. The molecular formula is C19H18N2O4S. The molecule has 1 saturated heterocycles. The number of carbonyl (C=O) groups excluding carboxylic acids is 2. The number of aryl methyl sites for hydroxylation is 2. The van der Waals surface area contributed by atoms with E-state index in [4.69, 9.17) is 9.47 Å². The number of aromatic nitrogens is 2. The number of esters is 2.